The molecule has 7 heteroatoms. The van der Waals surface area contributed by atoms with Crippen LogP contribution in [0.25, 0.3) is 0 Å². The Morgan fingerprint density at radius 1 is 1.29 bits per heavy atom. The van der Waals surface area contributed by atoms with Crippen molar-refractivity contribution in [3.05, 3.63) is 36.0 Å². The molecule has 2 rings (SSSR count). The van der Waals surface area contributed by atoms with Crippen LogP contribution >= 0.6 is 0 Å². The fourth-order valence-electron chi connectivity index (χ4n) is 1.75. The number of nitrogens with zero attached hydrogens (tertiary/aromatic N) is 2. The molecule has 0 fully saturated rings. The first kappa shape index (κ1) is 14.6. The second-order valence-electron chi connectivity index (χ2n) is 4.31. The van der Waals surface area contributed by atoms with Crippen molar-refractivity contribution in [1.82, 2.24) is 15.3 Å². The predicted octanol–water partition coefficient (Wildman–Crippen LogP) is 1.59. The molecule has 110 valence electrons. The van der Waals surface area contributed by atoms with Crippen LogP contribution in [0.2, 0.25) is 0 Å². The van der Waals surface area contributed by atoms with E-state index in [0.29, 0.717) is 29.6 Å². The Morgan fingerprint density at radius 2 is 2.00 bits per heavy atom. The minimum Gasteiger partial charge on any atom is -0.394 e. The molecule has 1 heterocycles. The van der Waals surface area contributed by atoms with Crippen molar-refractivity contribution in [2.24, 2.45) is 0 Å². The van der Waals surface area contributed by atoms with E-state index in [1.54, 1.807) is 31.3 Å². The lowest BCUT2D eigenvalue weighted by atomic mass is 10.2. The maximum absolute atomic E-state index is 11.7. The number of benzene rings is 1. The van der Waals surface area contributed by atoms with Crippen LogP contribution in [0.15, 0.2) is 30.5 Å². The van der Waals surface area contributed by atoms with Gasteiger partial charge in [-0.1, -0.05) is 0 Å². The van der Waals surface area contributed by atoms with Crippen LogP contribution in [0, 0.1) is 0 Å². The molecule has 5 N–H and O–H groups in total. The Balaban J connectivity index is 2.11. The van der Waals surface area contributed by atoms with Crippen LogP contribution in [0.1, 0.15) is 17.3 Å². The number of anilines is 4. The van der Waals surface area contributed by atoms with Gasteiger partial charge in [0.2, 0.25) is 5.95 Å². The number of nitrogen functional groups attached to an aromatic ring is 1. The SMILES string of the molecule is CCNC(=O)c1ccc(Nc2ncc(N)c(NC)n2)cc1. The molecule has 0 atom stereocenters. The number of carbonyl (C=O) groups excluding carboxylic acids is 1. The van der Waals surface area contributed by atoms with Crippen molar-refractivity contribution in [2.45, 2.75) is 6.92 Å². The molecular weight excluding hydrogens is 268 g/mol. The lowest BCUT2D eigenvalue weighted by Crippen LogP contribution is -2.22. The maximum atomic E-state index is 11.7. The van der Waals surface area contributed by atoms with Crippen LogP contribution in [-0.2, 0) is 0 Å². The molecule has 0 spiro atoms. The molecule has 0 bridgehead atoms. The summed E-state index contributed by atoms with van der Waals surface area (Å²) < 4.78 is 0. The highest BCUT2D eigenvalue weighted by Crippen LogP contribution is 2.18. The minimum atomic E-state index is -0.0924. The molecule has 1 aromatic carbocycles. The Kier molecular flexibility index (Phi) is 4.55. The van der Waals surface area contributed by atoms with E-state index in [1.807, 2.05) is 6.92 Å². The molecule has 21 heavy (non-hydrogen) atoms. The number of nitrogens with one attached hydrogen (secondary N) is 3. The number of hydrogen-bond donors (Lipinski definition) is 4. The summed E-state index contributed by atoms with van der Waals surface area (Å²) in [5.41, 5.74) is 7.59. The lowest BCUT2D eigenvalue weighted by molar-refractivity contribution is 0.0956. The average molecular weight is 286 g/mol. The predicted molar refractivity (Wildman–Crippen MR) is 83.7 cm³/mol. The average Bonchev–Trinajstić information content (AvgIpc) is 2.50. The summed E-state index contributed by atoms with van der Waals surface area (Å²) in [5.74, 6) is 0.899. The summed E-state index contributed by atoms with van der Waals surface area (Å²) in [6.45, 7) is 2.48. The molecule has 0 saturated heterocycles. The molecule has 7 nitrogen and oxygen atoms in total. The van der Waals surface area contributed by atoms with E-state index < -0.39 is 0 Å². The van der Waals surface area contributed by atoms with Gasteiger partial charge in [0, 0.05) is 24.8 Å². The smallest absolute Gasteiger partial charge is 0.251 e. The van der Waals surface area contributed by atoms with Gasteiger partial charge in [-0.25, -0.2) is 4.98 Å². The molecule has 1 amide bonds. The van der Waals surface area contributed by atoms with Gasteiger partial charge in [-0.2, -0.15) is 4.98 Å². The molecule has 2 aromatic rings. The first-order valence-corrected chi connectivity index (χ1v) is 6.59. The lowest BCUT2D eigenvalue weighted by Gasteiger charge is -2.09. The van der Waals surface area contributed by atoms with Gasteiger partial charge < -0.3 is 21.7 Å². The number of aromatic nitrogens is 2. The Labute approximate surface area is 123 Å². The second kappa shape index (κ2) is 6.56. The third kappa shape index (κ3) is 3.59. The minimum absolute atomic E-state index is 0.0924. The van der Waals surface area contributed by atoms with Gasteiger partial charge >= 0.3 is 0 Å². The van der Waals surface area contributed by atoms with Crippen LogP contribution < -0.4 is 21.7 Å². The summed E-state index contributed by atoms with van der Waals surface area (Å²) in [5, 5.41) is 8.69. The zero-order chi connectivity index (χ0) is 15.2. The number of nitrogens with two attached hydrogens (primary N) is 1. The molecule has 1 aromatic heterocycles. The van der Waals surface area contributed by atoms with Gasteiger partial charge in [0.15, 0.2) is 5.82 Å². The Bertz CT molecular complexity index is 626. The van der Waals surface area contributed by atoms with Gasteiger partial charge in [0.25, 0.3) is 5.91 Å². The van der Waals surface area contributed by atoms with Crippen molar-refractivity contribution in [1.29, 1.82) is 0 Å². The van der Waals surface area contributed by atoms with E-state index in [4.69, 9.17) is 5.73 Å². The summed E-state index contributed by atoms with van der Waals surface area (Å²) in [6, 6.07) is 7.07. The topological polar surface area (TPSA) is 105 Å². The van der Waals surface area contributed by atoms with Gasteiger partial charge in [0.05, 0.1) is 11.9 Å². The van der Waals surface area contributed by atoms with E-state index in [0.717, 1.165) is 5.69 Å². The summed E-state index contributed by atoms with van der Waals surface area (Å²) in [6.07, 6.45) is 1.53. The van der Waals surface area contributed by atoms with E-state index >= 15 is 0 Å². The van der Waals surface area contributed by atoms with Gasteiger partial charge in [0.1, 0.15) is 0 Å². The summed E-state index contributed by atoms with van der Waals surface area (Å²) >= 11 is 0. The molecule has 0 aliphatic rings. The van der Waals surface area contributed by atoms with E-state index in [2.05, 4.69) is 25.9 Å². The van der Waals surface area contributed by atoms with Crippen molar-refractivity contribution in [2.75, 3.05) is 30.0 Å². The summed E-state index contributed by atoms with van der Waals surface area (Å²) in [7, 11) is 1.74. The van der Waals surface area contributed by atoms with Crippen molar-refractivity contribution < 1.29 is 4.79 Å². The van der Waals surface area contributed by atoms with Gasteiger partial charge in [-0.3, -0.25) is 4.79 Å². The van der Waals surface area contributed by atoms with Crippen molar-refractivity contribution >= 4 is 29.0 Å². The highest BCUT2D eigenvalue weighted by atomic mass is 16.1. The number of amides is 1. The molecule has 0 saturated carbocycles. The van der Waals surface area contributed by atoms with Crippen LogP contribution in [-0.4, -0.2) is 29.5 Å². The zero-order valence-electron chi connectivity index (χ0n) is 12.0. The standard InChI is InChI=1S/C14H18N6O/c1-3-17-13(21)9-4-6-10(7-5-9)19-14-18-8-11(15)12(16-2)20-14/h4-8H,3,15H2,1-2H3,(H,17,21)(H2,16,18,19,20). The third-order valence-corrected chi connectivity index (χ3v) is 2.79. The molecule has 0 aliphatic carbocycles. The number of hydrogen-bond acceptors (Lipinski definition) is 6. The highest BCUT2D eigenvalue weighted by molar-refractivity contribution is 5.94. The van der Waals surface area contributed by atoms with E-state index in [1.165, 1.54) is 6.20 Å². The summed E-state index contributed by atoms with van der Waals surface area (Å²) in [4.78, 5) is 20.0. The normalized spacial score (nSPS) is 10.0. The van der Waals surface area contributed by atoms with Crippen LogP contribution in [0.4, 0.5) is 23.1 Å². The maximum Gasteiger partial charge on any atom is 0.251 e. The van der Waals surface area contributed by atoms with E-state index in [9.17, 15) is 4.79 Å². The van der Waals surface area contributed by atoms with Crippen molar-refractivity contribution in [3.63, 3.8) is 0 Å². The quantitative estimate of drug-likeness (QED) is 0.665. The fourth-order valence-corrected chi connectivity index (χ4v) is 1.75. The highest BCUT2D eigenvalue weighted by Gasteiger charge is 2.05. The zero-order valence-corrected chi connectivity index (χ0v) is 12.0. The molecule has 0 unspecified atom stereocenters. The first-order chi connectivity index (χ1) is 10.1. The monoisotopic (exact) mass is 286 g/mol. The number of rotatable bonds is 5. The first-order valence-electron chi connectivity index (χ1n) is 6.59. The van der Waals surface area contributed by atoms with Crippen LogP contribution in [0.3, 0.4) is 0 Å². The van der Waals surface area contributed by atoms with Gasteiger partial charge in [-0.15, -0.1) is 0 Å². The van der Waals surface area contributed by atoms with E-state index in [-0.39, 0.29) is 5.91 Å². The fraction of sp³-hybridized carbons (Fsp3) is 0.214. The Hall–Kier alpha value is -2.83. The molecule has 0 aliphatic heterocycles. The molecular formula is C14H18N6O. The Morgan fingerprint density at radius 3 is 2.62 bits per heavy atom. The largest absolute Gasteiger partial charge is 0.394 e. The third-order valence-electron chi connectivity index (χ3n) is 2.79. The van der Waals surface area contributed by atoms with Gasteiger partial charge in [-0.05, 0) is 31.2 Å². The number of carbonyl (C=O) groups is 1. The molecule has 0 radical (unpaired) electrons. The van der Waals surface area contributed by atoms with Crippen LogP contribution in [0.5, 0.6) is 0 Å². The second-order valence-corrected chi connectivity index (χ2v) is 4.31. The van der Waals surface area contributed by atoms with Crippen molar-refractivity contribution in [3.8, 4) is 0 Å².